The van der Waals surface area contributed by atoms with Crippen LogP contribution in [0.2, 0.25) is 0 Å². The van der Waals surface area contributed by atoms with Crippen LogP contribution in [0.3, 0.4) is 0 Å². The lowest BCUT2D eigenvalue weighted by atomic mass is 9.92. The summed E-state index contributed by atoms with van der Waals surface area (Å²) in [4.78, 5) is 6.59. The SMILES string of the molecule is CC1CCN(c2cc(C#N)ccn2)C(CN)C1. The zero-order valence-electron chi connectivity index (χ0n) is 10.1. The molecule has 4 nitrogen and oxygen atoms in total. The molecule has 0 aliphatic carbocycles. The van der Waals surface area contributed by atoms with Gasteiger partial charge in [0.15, 0.2) is 0 Å². The van der Waals surface area contributed by atoms with Gasteiger partial charge in [0.2, 0.25) is 0 Å². The van der Waals surface area contributed by atoms with Crippen LogP contribution in [0.1, 0.15) is 25.3 Å². The first kappa shape index (κ1) is 11.9. The molecule has 4 heteroatoms. The van der Waals surface area contributed by atoms with Gasteiger partial charge < -0.3 is 10.6 Å². The van der Waals surface area contributed by atoms with Crippen LogP contribution in [-0.4, -0.2) is 24.1 Å². The summed E-state index contributed by atoms with van der Waals surface area (Å²) in [5, 5.41) is 8.90. The second-order valence-electron chi connectivity index (χ2n) is 4.73. The normalized spacial score (nSPS) is 24.4. The van der Waals surface area contributed by atoms with E-state index < -0.39 is 0 Å². The number of piperidine rings is 1. The van der Waals surface area contributed by atoms with Crippen LogP contribution < -0.4 is 10.6 Å². The van der Waals surface area contributed by atoms with Crippen molar-refractivity contribution in [2.24, 2.45) is 11.7 Å². The van der Waals surface area contributed by atoms with Gasteiger partial charge in [-0.05, 0) is 30.9 Å². The Morgan fingerprint density at radius 1 is 1.65 bits per heavy atom. The Morgan fingerprint density at radius 2 is 2.47 bits per heavy atom. The van der Waals surface area contributed by atoms with Crippen molar-refractivity contribution >= 4 is 5.82 Å². The van der Waals surface area contributed by atoms with Crippen molar-refractivity contribution in [3.63, 3.8) is 0 Å². The van der Waals surface area contributed by atoms with Gasteiger partial charge in [-0.3, -0.25) is 0 Å². The molecule has 0 bridgehead atoms. The monoisotopic (exact) mass is 230 g/mol. The lowest BCUT2D eigenvalue weighted by Crippen LogP contribution is -2.46. The van der Waals surface area contributed by atoms with E-state index in [-0.39, 0.29) is 0 Å². The summed E-state index contributed by atoms with van der Waals surface area (Å²) in [6, 6.07) is 6.07. The van der Waals surface area contributed by atoms with Crippen LogP contribution >= 0.6 is 0 Å². The molecular weight excluding hydrogens is 212 g/mol. The summed E-state index contributed by atoms with van der Waals surface area (Å²) in [5.74, 6) is 1.60. The minimum Gasteiger partial charge on any atom is -0.352 e. The Labute approximate surface area is 102 Å². The van der Waals surface area contributed by atoms with Gasteiger partial charge in [-0.15, -0.1) is 0 Å². The molecule has 1 aliphatic rings. The average molecular weight is 230 g/mol. The Kier molecular flexibility index (Phi) is 3.60. The molecule has 2 unspecified atom stereocenters. The third-order valence-electron chi connectivity index (χ3n) is 3.42. The third kappa shape index (κ3) is 2.56. The van der Waals surface area contributed by atoms with Gasteiger partial charge in [-0.25, -0.2) is 4.98 Å². The molecule has 1 aromatic rings. The van der Waals surface area contributed by atoms with Crippen molar-refractivity contribution in [2.45, 2.75) is 25.8 Å². The summed E-state index contributed by atoms with van der Waals surface area (Å²) in [7, 11) is 0. The molecule has 2 atom stereocenters. The first-order chi connectivity index (χ1) is 8.24. The smallest absolute Gasteiger partial charge is 0.130 e. The summed E-state index contributed by atoms with van der Waals surface area (Å²) < 4.78 is 0. The molecule has 1 aromatic heterocycles. The van der Waals surface area contributed by atoms with Gasteiger partial charge in [0.05, 0.1) is 11.6 Å². The maximum atomic E-state index is 8.90. The van der Waals surface area contributed by atoms with Crippen LogP contribution in [0.5, 0.6) is 0 Å². The zero-order chi connectivity index (χ0) is 12.3. The van der Waals surface area contributed by atoms with E-state index in [9.17, 15) is 0 Å². The van der Waals surface area contributed by atoms with Gasteiger partial charge in [0, 0.05) is 25.3 Å². The molecular formula is C13H18N4. The molecule has 2 rings (SSSR count). The number of pyridine rings is 1. The van der Waals surface area contributed by atoms with E-state index >= 15 is 0 Å². The lowest BCUT2D eigenvalue weighted by molar-refractivity contribution is 0.365. The lowest BCUT2D eigenvalue weighted by Gasteiger charge is -2.38. The van der Waals surface area contributed by atoms with Gasteiger partial charge in [-0.2, -0.15) is 5.26 Å². The Balaban J connectivity index is 2.22. The van der Waals surface area contributed by atoms with Crippen molar-refractivity contribution in [3.8, 4) is 6.07 Å². The maximum absolute atomic E-state index is 8.90. The molecule has 1 aliphatic heterocycles. The van der Waals surface area contributed by atoms with Crippen molar-refractivity contribution in [1.29, 1.82) is 5.26 Å². The van der Waals surface area contributed by atoms with Crippen LogP contribution in [0.4, 0.5) is 5.82 Å². The zero-order valence-corrected chi connectivity index (χ0v) is 10.1. The number of nitrogens with two attached hydrogens (primary N) is 1. The van der Waals surface area contributed by atoms with Crippen molar-refractivity contribution in [3.05, 3.63) is 23.9 Å². The highest BCUT2D eigenvalue weighted by atomic mass is 15.2. The largest absolute Gasteiger partial charge is 0.352 e. The summed E-state index contributed by atoms with van der Waals surface area (Å²) in [6.45, 7) is 3.88. The number of hydrogen-bond donors (Lipinski definition) is 1. The van der Waals surface area contributed by atoms with Crippen LogP contribution in [0.25, 0.3) is 0 Å². The van der Waals surface area contributed by atoms with Crippen molar-refractivity contribution < 1.29 is 0 Å². The molecule has 0 aromatic carbocycles. The first-order valence-electron chi connectivity index (χ1n) is 6.07. The van der Waals surface area contributed by atoms with Crippen molar-refractivity contribution in [1.82, 2.24) is 4.98 Å². The topological polar surface area (TPSA) is 65.9 Å². The average Bonchev–Trinajstić information content (AvgIpc) is 2.38. The number of nitrogens with zero attached hydrogens (tertiary/aromatic N) is 3. The Morgan fingerprint density at radius 3 is 3.18 bits per heavy atom. The molecule has 0 saturated carbocycles. The second-order valence-corrected chi connectivity index (χ2v) is 4.73. The second kappa shape index (κ2) is 5.15. The fourth-order valence-corrected chi connectivity index (χ4v) is 2.42. The molecule has 0 amide bonds. The molecule has 1 saturated heterocycles. The number of nitriles is 1. The third-order valence-corrected chi connectivity index (χ3v) is 3.42. The molecule has 2 heterocycles. The Bertz CT molecular complexity index is 424. The predicted octanol–water partition coefficient (Wildman–Crippen LogP) is 1.52. The Hall–Kier alpha value is -1.60. The number of aromatic nitrogens is 1. The van der Waals surface area contributed by atoms with Crippen LogP contribution in [-0.2, 0) is 0 Å². The van der Waals surface area contributed by atoms with E-state index in [1.807, 2.05) is 6.07 Å². The van der Waals surface area contributed by atoms with E-state index in [2.05, 4.69) is 22.9 Å². The van der Waals surface area contributed by atoms with Gasteiger partial charge >= 0.3 is 0 Å². The van der Waals surface area contributed by atoms with E-state index in [1.54, 1.807) is 12.3 Å². The van der Waals surface area contributed by atoms with E-state index in [0.29, 0.717) is 18.2 Å². The molecule has 17 heavy (non-hydrogen) atoms. The minimum atomic E-state index is 0.347. The maximum Gasteiger partial charge on any atom is 0.130 e. The number of hydrogen-bond acceptors (Lipinski definition) is 4. The first-order valence-corrected chi connectivity index (χ1v) is 6.07. The van der Waals surface area contributed by atoms with E-state index in [4.69, 9.17) is 11.0 Å². The van der Waals surface area contributed by atoms with Gasteiger partial charge in [0.1, 0.15) is 5.82 Å². The highest BCUT2D eigenvalue weighted by Gasteiger charge is 2.26. The predicted molar refractivity (Wildman–Crippen MR) is 67.5 cm³/mol. The standard InChI is InChI=1S/C13H18N4/c1-10-3-5-17(12(6-10)9-15)13-7-11(8-14)2-4-16-13/h2,4,7,10,12H,3,5-6,9,15H2,1H3. The van der Waals surface area contributed by atoms with Crippen molar-refractivity contribution in [2.75, 3.05) is 18.0 Å². The van der Waals surface area contributed by atoms with Crippen LogP contribution in [0.15, 0.2) is 18.3 Å². The fraction of sp³-hybridized carbons (Fsp3) is 0.538. The highest BCUT2D eigenvalue weighted by Crippen LogP contribution is 2.26. The van der Waals surface area contributed by atoms with Gasteiger partial charge in [0.25, 0.3) is 0 Å². The fourth-order valence-electron chi connectivity index (χ4n) is 2.42. The van der Waals surface area contributed by atoms with Crippen LogP contribution in [0, 0.1) is 17.2 Å². The molecule has 2 N–H and O–H groups in total. The van der Waals surface area contributed by atoms with Gasteiger partial charge in [-0.1, -0.05) is 6.92 Å². The number of anilines is 1. The molecule has 90 valence electrons. The van der Waals surface area contributed by atoms with E-state index in [1.165, 1.54) is 0 Å². The molecule has 0 radical (unpaired) electrons. The molecule has 1 fully saturated rings. The van der Waals surface area contributed by atoms with E-state index in [0.717, 1.165) is 31.1 Å². The summed E-state index contributed by atoms with van der Waals surface area (Å²) >= 11 is 0. The summed E-state index contributed by atoms with van der Waals surface area (Å²) in [6.07, 6.45) is 3.96. The highest BCUT2D eigenvalue weighted by molar-refractivity contribution is 5.46. The summed E-state index contributed by atoms with van der Waals surface area (Å²) in [5.41, 5.74) is 6.49. The quantitative estimate of drug-likeness (QED) is 0.836. The molecule has 0 spiro atoms. The number of rotatable bonds is 2. The minimum absolute atomic E-state index is 0.347.